The van der Waals surface area contributed by atoms with Crippen molar-refractivity contribution in [2.45, 2.75) is 32.5 Å². The van der Waals surface area contributed by atoms with Crippen LogP contribution in [0.1, 0.15) is 24.5 Å². The summed E-state index contributed by atoms with van der Waals surface area (Å²) in [4.78, 5) is 18.6. The number of hydrogen-bond acceptors (Lipinski definition) is 4. The topological polar surface area (TPSA) is 65.5 Å². The Bertz CT molecular complexity index is 1300. The van der Waals surface area contributed by atoms with Gasteiger partial charge in [0.05, 0.1) is 5.52 Å². The molecule has 0 spiro atoms. The minimum Gasteiger partial charge on any atom is -0.507 e. The summed E-state index contributed by atoms with van der Waals surface area (Å²) in [5.41, 5.74) is 0.907. The van der Waals surface area contributed by atoms with Crippen molar-refractivity contribution in [3.63, 3.8) is 0 Å². The maximum atomic E-state index is 13.4. The molecule has 2 N–H and O–H groups in total. The van der Waals surface area contributed by atoms with E-state index in [4.69, 9.17) is 0 Å². The Morgan fingerprint density at radius 3 is 2.73 bits per heavy atom. The number of benzene rings is 1. The van der Waals surface area contributed by atoms with Gasteiger partial charge in [0.25, 0.3) is 5.56 Å². The number of aliphatic imine (C=N–C) groups is 1. The van der Waals surface area contributed by atoms with Gasteiger partial charge in [0, 0.05) is 21.8 Å². The Morgan fingerprint density at radius 2 is 2.13 bits per heavy atom. The average molecular weight is 432 g/mol. The number of phenols is 1. The van der Waals surface area contributed by atoms with Gasteiger partial charge in [-0.15, -0.1) is 11.3 Å². The average Bonchev–Trinajstić information content (AvgIpc) is 3.14. The summed E-state index contributed by atoms with van der Waals surface area (Å²) in [7, 11) is 0. The number of allylic oxidation sites excluding steroid dienone is 3. The third-order valence-electron chi connectivity index (χ3n) is 5.69. The first-order valence-electron chi connectivity index (χ1n) is 9.25. The molecule has 0 amide bonds. The van der Waals surface area contributed by atoms with Gasteiger partial charge in [-0.3, -0.25) is 9.79 Å². The monoisotopic (exact) mass is 432 g/mol. The van der Waals surface area contributed by atoms with E-state index in [1.807, 2.05) is 6.07 Å². The van der Waals surface area contributed by atoms with Crippen LogP contribution in [0.3, 0.4) is 0 Å². The van der Waals surface area contributed by atoms with Gasteiger partial charge >= 0.3 is 6.18 Å². The number of aromatic amines is 1. The van der Waals surface area contributed by atoms with Crippen LogP contribution in [-0.2, 0) is 0 Å². The van der Waals surface area contributed by atoms with Crippen molar-refractivity contribution < 1.29 is 18.3 Å². The number of thiophene rings is 1. The van der Waals surface area contributed by atoms with Crippen LogP contribution < -0.4 is 5.56 Å². The van der Waals surface area contributed by atoms with Gasteiger partial charge in [-0.1, -0.05) is 25.2 Å². The van der Waals surface area contributed by atoms with Crippen LogP contribution in [0.4, 0.5) is 13.2 Å². The number of aryl methyl sites for hydroxylation is 1. The van der Waals surface area contributed by atoms with Crippen LogP contribution in [0, 0.1) is 12.3 Å². The maximum absolute atomic E-state index is 13.4. The van der Waals surface area contributed by atoms with E-state index in [9.17, 15) is 23.1 Å². The second kappa shape index (κ2) is 6.84. The van der Waals surface area contributed by atoms with Crippen molar-refractivity contribution in [3.05, 3.63) is 57.2 Å². The third kappa shape index (κ3) is 3.06. The molecule has 1 aromatic carbocycles. The Labute approximate surface area is 174 Å². The molecule has 1 aliphatic rings. The number of halogens is 3. The number of aromatic hydroxyl groups is 1. The summed E-state index contributed by atoms with van der Waals surface area (Å²) in [5, 5.41) is 13.9. The molecule has 2 atom stereocenters. The van der Waals surface area contributed by atoms with Gasteiger partial charge in [-0.05, 0) is 48.7 Å². The number of fused-ring (bicyclic) bond motifs is 3. The summed E-state index contributed by atoms with van der Waals surface area (Å²) >= 11 is 1.30. The summed E-state index contributed by atoms with van der Waals surface area (Å²) in [5.74, 6) is 0.00766. The van der Waals surface area contributed by atoms with Gasteiger partial charge < -0.3 is 10.1 Å². The molecule has 4 rings (SSSR count). The molecule has 0 bridgehead atoms. The van der Waals surface area contributed by atoms with Crippen molar-refractivity contribution in [3.8, 4) is 5.75 Å². The Kier molecular flexibility index (Phi) is 4.65. The number of phenolic OH excluding ortho intramolecular Hbond substituents is 1. The van der Waals surface area contributed by atoms with Gasteiger partial charge in [0.2, 0.25) is 0 Å². The van der Waals surface area contributed by atoms with E-state index in [0.717, 1.165) is 0 Å². The number of H-pyrrole nitrogens is 1. The van der Waals surface area contributed by atoms with Gasteiger partial charge in [0.15, 0.2) is 6.04 Å². The zero-order valence-corrected chi connectivity index (χ0v) is 17.1. The van der Waals surface area contributed by atoms with E-state index >= 15 is 0 Å². The molecule has 2 heterocycles. The van der Waals surface area contributed by atoms with Crippen LogP contribution >= 0.6 is 11.3 Å². The molecule has 0 fully saturated rings. The number of nitrogens with one attached hydrogen (secondary N) is 1. The van der Waals surface area contributed by atoms with E-state index in [2.05, 4.69) is 16.7 Å². The van der Waals surface area contributed by atoms with Crippen molar-refractivity contribution in [2.75, 3.05) is 0 Å². The molecule has 0 saturated carbocycles. The highest BCUT2D eigenvalue weighted by atomic mass is 32.1. The fourth-order valence-electron chi connectivity index (χ4n) is 4.19. The fraction of sp³-hybridized carbons (Fsp3) is 0.273. The minimum absolute atomic E-state index is 0.00766. The lowest BCUT2D eigenvalue weighted by molar-refractivity contribution is -0.165. The number of nitrogens with zero attached hydrogens (tertiary/aromatic N) is 1. The van der Waals surface area contributed by atoms with Crippen molar-refractivity contribution in [1.82, 2.24) is 4.98 Å². The summed E-state index contributed by atoms with van der Waals surface area (Å²) in [6, 6.07) is 1.44. The highest BCUT2D eigenvalue weighted by Gasteiger charge is 2.49. The first-order chi connectivity index (χ1) is 14.1. The largest absolute Gasteiger partial charge is 0.507 e. The predicted octanol–water partition coefficient (Wildman–Crippen LogP) is 5.74. The van der Waals surface area contributed by atoms with Crippen LogP contribution in [-0.4, -0.2) is 29.0 Å². The van der Waals surface area contributed by atoms with Crippen LogP contribution in [0.2, 0.25) is 0 Å². The lowest BCUT2D eigenvalue weighted by Gasteiger charge is -2.35. The smallest absolute Gasteiger partial charge is 0.411 e. The van der Waals surface area contributed by atoms with Crippen LogP contribution in [0.15, 0.2) is 45.5 Å². The number of aromatic nitrogens is 1. The quantitative estimate of drug-likeness (QED) is 0.519. The third-order valence-corrected chi connectivity index (χ3v) is 6.61. The normalized spacial score (nSPS) is 20.5. The molecule has 0 radical (unpaired) electrons. The van der Waals surface area contributed by atoms with E-state index in [0.29, 0.717) is 37.7 Å². The van der Waals surface area contributed by atoms with Crippen LogP contribution in [0.5, 0.6) is 5.75 Å². The van der Waals surface area contributed by atoms with Crippen molar-refractivity contribution in [2.24, 2.45) is 10.4 Å². The molecular weight excluding hydrogens is 413 g/mol. The molecule has 2 aromatic heterocycles. The first-order valence-corrected chi connectivity index (χ1v) is 10.1. The lowest BCUT2D eigenvalue weighted by Crippen LogP contribution is -2.41. The summed E-state index contributed by atoms with van der Waals surface area (Å²) in [6.45, 7) is 6.40. The maximum Gasteiger partial charge on any atom is 0.411 e. The molecule has 3 aromatic rings. The van der Waals surface area contributed by atoms with E-state index in [-0.39, 0.29) is 17.7 Å². The second-order valence-electron chi connectivity index (χ2n) is 7.78. The first kappa shape index (κ1) is 20.4. The van der Waals surface area contributed by atoms with Crippen molar-refractivity contribution >= 4 is 44.6 Å². The van der Waals surface area contributed by atoms with E-state index in [1.165, 1.54) is 24.3 Å². The molecule has 2 unspecified atom stereocenters. The fourth-order valence-corrected chi connectivity index (χ4v) is 4.99. The second-order valence-corrected chi connectivity index (χ2v) is 8.70. The zero-order chi connectivity index (χ0) is 21.8. The summed E-state index contributed by atoms with van der Waals surface area (Å²) < 4.78 is 40.7. The molecule has 0 saturated heterocycles. The Morgan fingerprint density at radius 1 is 1.40 bits per heavy atom. The SMILES string of the molecule is C=NC(C(F)(F)F)C1(C)C=CC(c2c(O)cc(C)c3[nH]c(=O)c4sccc4c23)=CC1. The highest BCUT2D eigenvalue weighted by molar-refractivity contribution is 7.17. The van der Waals surface area contributed by atoms with Gasteiger partial charge in [-0.2, -0.15) is 13.2 Å². The molecule has 0 aliphatic heterocycles. The molecule has 1 aliphatic carbocycles. The molecule has 8 heteroatoms. The molecule has 156 valence electrons. The number of hydrogen-bond donors (Lipinski definition) is 2. The number of rotatable bonds is 3. The number of pyridine rings is 1. The Hall–Kier alpha value is -2.87. The minimum atomic E-state index is -4.51. The Balaban J connectivity index is 1.91. The molecule has 30 heavy (non-hydrogen) atoms. The van der Waals surface area contributed by atoms with Gasteiger partial charge in [-0.25, -0.2) is 0 Å². The molecular formula is C22H19F3N2O2S. The standard InChI is InChI=1S/C22H19F3N2O2S/c1-11-10-14(28)15(16-13-6-9-30-18(13)19(29)27-17(11)16)12-4-7-21(2,8-5-12)20(26-3)22(23,24)25/h4-7,9-10,20,28H,3,8H2,1-2H3,(H,27,29). The van der Waals surface area contributed by atoms with Gasteiger partial charge in [0.1, 0.15) is 10.4 Å². The van der Waals surface area contributed by atoms with E-state index < -0.39 is 17.6 Å². The zero-order valence-electron chi connectivity index (χ0n) is 16.3. The van der Waals surface area contributed by atoms with Crippen molar-refractivity contribution in [1.29, 1.82) is 0 Å². The highest BCUT2D eigenvalue weighted by Crippen LogP contribution is 2.46. The lowest BCUT2D eigenvalue weighted by atomic mass is 9.74. The number of alkyl halides is 3. The van der Waals surface area contributed by atoms with E-state index in [1.54, 1.807) is 30.5 Å². The van der Waals surface area contributed by atoms with Crippen LogP contribution in [0.25, 0.3) is 26.6 Å². The molecule has 4 nitrogen and oxygen atoms in total. The summed E-state index contributed by atoms with van der Waals surface area (Å²) in [6.07, 6.45) is 0.314. The predicted molar refractivity (Wildman–Crippen MR) is 116 cm³/mol.